The highest BCUT2D eigenvalue weighted by atomic mass is 35.5. The van der Waals surface area contributed by atoms with Crippen LogP contribution in [0.3, 0.4) is 0 Å². The minimum absolute atomic E-state index is 0.0582. The largest absolute Gasteiger partial charge is 0.462 e. The highest BCUT2D eigenvalue weighted by Gasteiger charge is 2.33. The van der Waals surface area contributed by atoms with Crippen molar-refractivity contribution >= 4 is 34.1 Å². The number of ether oxygens (including phenoxy) is 1. The number of likely N-dealkylation sites (N-methyl/N-ethyl adjacent to an activating group) is 1. The van der Waals surface area contributed by atoms with E-state index in [0.29, 0.717) is 55.3 Å². The maximum atomic E-state index is 13.8. The number of nitrogens with one attached hydrogen (secondary N) is 1. The number of nitriles is 1. The Morgan fingerprint density at radius 3 is 2.85 bits per heavy atom. The van der Waals surface area contributed by atoms with Gasteiger partial charge in [-0.3, -0.25) is 4.79 Å². The molecule has 39 heavy (non-hydrogen) atoms. The van der Waals surface area contributed by atoms with E-state index in [1.165, 1.54) is 0 Å². The number of anilines is 1. The molecule has 1 N–H and O–H groups in total. The van der Waals surface area contributed by atoms with Crippen LogP contribution in [-0.2, 0) is 13.1 Å². The number of hydrogen-bond donors (Lipinski definition) is 1. The third-order valence-electron chi connectivity index (χ3n) is 8.08. The minimum atomic E-state index is -0.0876. The van der Waals surface area contributed by atoms with Gasteiger partial charge in [0.2, 0.25) is 0 Å². The summed E-state index contributed by atoms with van der Waals surface area (Å²) in [4.78, 5) is 29.9. The molecule has 2 atom stereocenters. The van der Waals surface area contributed by atoms with Gasteiger partial charge in [-0.2, -0.15) is 15.2 Å². The van der Waals surface area contributed by atoms with Crippen molar-refractivity contribution in [1.29, 1.82) is 5.26 Å². The van der Waals surface area contributed by atoms with E-state index in [1.807, 2.05) is 41.3 Å². The zero-order valence-electron chi connectivity index (χ0n) is 22.1. The predicted molar refractivity (Wildman–Crippen MR) is 150 cm³/mol. The lowest BCUT2D eigenvalue weighted by atomic mass is 10.0. The van der Waals surface area contributed by atoms with Gasteiger partial charge in [0.25, 0.3) is 5.91 Å². The summed E-state index contributed by atoms with van der Waals surface area (Å²) in [6.45, 7) is 4.55. The van der Waals surface area contributed by atoms with Gasteiger partial charge in [0, 0.05) is 53.3 Å². The average molecular weight is 546 g/mol. The second kappa shape index (κ2) is 11.0. The number of piperazine rings is 1. The Bertz CT molecular complexity index is 1440. The molecular formula is C29H32ClN7O2. The predicted octanol–water partition coefficient (Wildman–Crippen LogP) is 3.60. The van der Waals surface area contributed by atoms with Gasteiger partial charge in [-0.05, 0) is 44.0 Å². The summed E-state index contributed by atoms with van der Waals surface area (Å²) in [5, 5.41) is 14.9. The average Bonchev–Trinajstić information content (AvgIpc) is 3.57. The molecule has 0 radical (unpaired) electrons. The molecule has 9 nitrogen and oxygen atoms in total. The molecule has 1 aromatic heterocycles. The topological polar surface area (TPSA) is 97.6 Å². The molecule has 0 saturated carbocycles. The van der Waals surface area contributed by atoms with Crippen LogP contribution in [0.25, 0.3) is 10.8 Å². The second-order valence-corrected chi connectivity index (χ2v) is 11.0. The molecule has 4 heterocycles. The number of hydrogen-bond acceptors (Lipinski definition) is 8. The van der Waals surface area contributed by atoms with Crippen LogP contribution in [0.4, 0.5) is 5.82 Å². The number of amides is 1. The van der Waals surface area contributed by atoms with Crippen LogP contribution in [0.15, 0.2) is 36.4 Å². The molecular weight excluding hydrogens is 514 g/mol. The fraction of sp³-hybridized carbons (Fsp3) is 0.448. The van der Waals surface area contributed by atoms with E-state index in [9.17, 15) is 10.1 Å². The Kier molecular flexibility index (Phi) is 7.26. The summed E-state index contributed by atoms with van der Waals surface area (Å²) >= 11 is 6.54. The lowest BCUT2D eigenvalue weighted by Crippen LogP contribution is -2.51. The van der Waals surface area contributed by atoms with Gasteiger partial charge in [0.1, 0.15) is 12.4 Å². The monoisotopic (exact) mass is 545 g/mol. The zero-order chi connectivity index (χ0) is 26.9. The molecule has 6 rings (SSSR count). The highest BCUT2D eigenvalue weighted by molar-refractivity contribution is 6.36. The molecule has 0 aliphatic carbocycles. The van der Waals surface area contributed by atoms with Crippen LogP contribution in [-0.4, -0.2) is 77.6 Å². The van der Waals surface area contributed by atoms with E-state index in [0.717, 1.165) is 60.3 Å². The van der Waals surface area contributed by atoms with Crippen molar-refractivity contribution in [3.05, 3.63) is 58.2 Å². The lowest BCUT2D eigenvalue weighted by molar-refractivity contribution is 0.0752. The van der Waals surface area contributed by atoms with Crippen molar-refractivity contribution in [2.45, 2.75) is 44.4 Å². The Labute approximate surface area is 233 Å². The molecule has 2 fully saturated rings. The van der Waals surface area contributed by atoms with E-state index < -0.39 is 0 Å². The fourth-order valence-corrected chi connectivity index (χ4v) is 6.24. The first-order valence-electron chi connectivity index (χ1n) is 13.6. The molecule has 10 heteroatoms. The maximum absolute atomic E-state index is 13.8. The number of likely N-dealkylation sites (tertiary alicyclic amines) is 1. The van der Waals surface area contributed by atoms with Gasteiger partial charge in [-0.1, -0.05) is 35.9 Å². The number of fused-ring (bicyclic) bond motifs is 2. The van der Waals surface area contributed by atoms with E-state index in [4.69, 9.17) is 26.3 Å². The first-order valence-corrected chi connectivity index (χ1v) is 13.9. The van der Waals surface area contributed by atoms with Crippen molar-refractivity contribution in [3.8, 4) is 12.1 Å². The SMILES string of the molecule is CN1CCC[C@H]1COc1nc2c(c(N3CCN[C@@H](CC#N)C3)n1)CN(C(=O)c1cccc3cccc(Cl)c13)C2. The molecule has 3 aromatic rings. The number of nitrogens with zero attached hydrogens (tertiary/aromatic N) is 6. The van der Waals surface area contributed by atoms with Crippen LogP contribution >= 0.6 is 11.6 Å². The Balaban J connectivity index is 1.31. The van der Waals surface area contributed by atoms with Crippen LogP contribution in [0, 0.1) is 11.3 Å². The quantitative estimate of drug-likeness (QED) is 0.502. The molecule has 1 amide bonds. The van der Waals surface area contributed by atoms with Crippen LogP contribution in [0.1, 0.15) is 40.9 Å². The van der Waals surface area contributed by atoms with Gasteiger partial charge >= 0.3 is 6.01 Å². The molecule has 3 aliphatic heterocycles. The summed E-state index contributed by atoms with van der Waals surface area (Å²) in [6.07, 6.45) is 2.68. The second-order valence-electron chi connectivity index (χ2n) is 10.6. The van der Waals surface area contributed by atoms with Crippen molar-refractivity contribution in [1.82, 2.24) is 25.1 Å². The third-order valence-corrected chi connectivity index (χ3v) is 8.40. The number of carbonyl (C=O) groups is 1. The molecule has 0 unspecified atom stereocenters. The van der Waals surface area contributed by atoms with Gasteiger partial charge in [-0.25, -0.2) is 0 Å². The third kappa shape index (κ3) is 5.12. The number of halogens is 1. The first kappa shape index (κ1) is 25.8. The summed E-state index contributed by atoms with van der Waals surface area (Å²) in [6, 6.07) is 14.4. The maximum Gasteiger partial charge on any atom is 0.318 e. The van der Waals surface area contributed by atoms with Crippen LogP contribution in [0.2, 0.25) is 5.02 Å². The van der Waals surface area contributed by atoms with E-state index in [2.05, 4.69) is 28.2 Å². The molecule has 0 bridgehead atoms. The van der Waals surface area contributed by atoms with Crippen molar-refractivity contribution < 1.29 is 9.53 Å². The van der Waals surface area contributed by atoms with E-state index >= 15 is 0 Å². The highest BCUT2D eigenvalue weighted by Crippen LogP contribution is 2.35. The summed E-state index contributed by atoms with van der Waals surface area (Å²) in [7, 11) is 2.12. The smallest absolute Gasteiger partial charge is 0.318 e. The lowest BCUT2D eigenvalue weighted by Gasteiger charge is -2.34. The van der Waals surface area contributed by atoms with E-state index in [1.54, 1.807) is 0 Å². The Morgan fingerprint density at radius 1 is 1.21 bits per heavy atom. The van der Waals surface area contributed by atoms with Gasteiger partial charge < -0.3 is 24.8 Å². The van der Waals surface area contributed by atoms with E-state index in [-0.39, 0.29) is 11.9 Å². The number of aromatic nitrogens is 2. The Morgan fingerprint density at radius 2 is 2.05 bits per heavy atom. The number of carbonyl (C=O) groups excluding carboxylic acids is 1. The molecule has 202 valence electrons. The summed E-state index contributed by atoms with van der Waals surface area (Å²) < 4.78 is 6.17. The normalized spacial score (nSPS) is 21.3. The molecule has 2 aromatic carbocycles. The zero-order valence-corrected chi connectivity index (χ0v) is 22.8. The number of benzene rings is 2. The van der Waals surface area contributed by atoms with Gasteiger partial charge in [0.15, 0.2) is 0 Å². The minimum Gasteiger partial charge on any atom is -0.462 e. The van der Waals surface area contributed by atoms with Crippen LogP contribution < -0.4 is 15.0 Å². The Hall–Kier alpha value is -3.45. The van der Waals surface area contributed by atoms with Crippen molar-refractivity contribution in [2.24, 2.45) is 0 Å². The first-order chi connectivity index (χ1) is 19.0. The van der Waals surface area contributed by atoms with Gasteiger partial charge in [-0.15, -0.1) is 0 Å². The summed E-state index contributed by atoms with van der Waals surface area (Å²) in [5.41, 5.74) is 2.33. The standard InChI is InChI=1S/C29H32ClN7O2/c1-35-13-4-7-21(35)18-39-29-33-25-17-37(28(38)22-8-2-5-19-6-3-9-24(30)26(19)22)16-23(25)27(34-29)36-14-12-32-20(15-36)10-11-31/h2-3,5-6,8-9,20-21,32H,4,7,10,12-18H2,1H3/t20-,21-/m0/s1. The van der Waals surface area contributed by atoms with Crippen molar-refractivity contribution in [2.75, 3.05) is 44.7 Å². The van der Waals surface area contributed by atoms with Gasteiger partial charge in [0.05, 0.1) is 31.3 Å². The molecule has 0 spiro atoms. The number of rotatable bonds is 6. The molecule has 2 saturated heterocycles. The molecule has 3 aliphatic rings. The van der Waals surface area contributed by atoms with Crippen molar-refractivity contribution in [3.63, 3.8) is 0 Å². The van der Waals surface area contributed by atoms with Crippen LogP contribution in [0.5, 0.6) is 6.01 Å². The summed E-state index contributed by atoms with van der Waals surface area (Å²) in [5.74, 6) is 0.709. The fourth-order valence-electron chi connectivity index (χ4n) is 5.95.